The fraction of sp³-hybridized carbons (Fsp3) is 0.154. The average Bonchev–Trinajstić information content (AvgIpc) is 3.16. The van der Waals surface area contributed by atoms with Crippen LogP contribution in [0.15, 0.2) is 33.5 Å². The molecule has 3 rings (SSSR count). The van der Waals surface area contributed by atoms with Gasteiger partial charge in [-0.25, -0.2) is 4.98 Å². The molecule has 0 aliphatic carbocycles. The zero-order chi connectivity index (χ0) is 13.9. The third-order valence-electron chi connectivity index (χ3n) is 2.57. The fourth-order valence-corrected chi connectivity index (χ4v) is 3.27. The van der Waals surface area contributed by atoms with Gasteiger partial charge in [0.05, 0.1) is 17.1 Å². The number of thiazole rings is 1. The molecule has 1 N–H and O–H groups in total. The number of aryl methyl sites for hydroxylation is 1. The summed E-state index contributed by atoms with van der Waals surface area (Å²) >= 11 is 3.22. The number of hydrogen-bond acceptors (Lipinski definition) is 6. The van der Waals surface area contributed by atoms with Gasteiger partial charge in [0, 0.05) is 11.4 Å². The van der Waals surface area contributed by atoms with Crippen LogP contribution in [0.3, 0.4) is 0 Å². The number of hydrogen-bond donors (Lipinski definition) is 1. The number of carbonyl (C=O) groups excluding carboxylic acids is 1. The van der Waals surface area contributed by atoms with Crippen LogP contribution in [0.2, 0.25) is 0 Å². The molecule has 0 aliphatic rings. The Morgan fingerprint density at radius 2 is 2.35 bits per heavy atom. The molecule has 0 aromatic carbocycles. The maximum atomic E-state index is 11.8. The van der Waals surface area contributed by atoms with Crippen molar-refractivity contribution in [3.8, 4) is 9.88 Å². The van der Waals surface area contributed by atoms with Crippen molar-refractivity contribution in [1.82, 2.24) is 15.5 Å². The smallest absolute Gasteiger partial charge is 0.273 e. The SMILES string of the molecule is Cc1cc(C(=O)NCc2csc(-c3cccs3)n2)no1. The van der Waals surface area contributed by atoms with E-state index in [2.05, 4.69) is 15.5 Å². The first kappa shape index (κ1) is 13.0. The second-order valence-corrected chi connectivity index (χ2v) is 5.93. The molecule has 0 unspecified atom stereocenters. The van der Waals surface area contributed by atoms with E-state index in [9.17, 15) is 4.79 Å². The van der Waals surface area contributed by atoms with E-state index in [0.717, 1.165) is 15.6 Å². The van der Waals surface area contributed by atoms with Gasteiger partial charge < -0.3 is 9.84 Å². The number of nitrogens with one attached hydrogen (secondary N) is 1. The van der Waals surface area contributed by atoms with E-state index in [1.165, 1.54) is 0 Å². The molecule has 1 amide bonds. The van der Waals surface area contributed by atoms with Gasteiger partial charge in [0.15, 0.2) is 5.69 Å². The topological polar surface area (TPSA) is 68.0 Å². The molecule has 0 aliphatic heterocycles. The Kier molecular flexibility index (Phi) is 3.62. The van der Waals surface area contributed by atoms with Crippen molar-refractivity contribution in [2.75, 3.05) is 0 Å². The lowest BCUT2D eigenvalue weighted by Crippen LogP contribution is -2.23. The summed E-state index contributed by atoms with van der Waals surface area (Å²) in [5.41, 5.74) is 1.13. The van der Waals surface area contributed by atoms with Crippen molar-refractivity contribution in [1.29, 1.82) is 0 Å². The highest BCUT2D eigenvalue weighted by atomic mass is 32.1. The fourth-order valence-electron chi connectivity index (χ4n) is 1.64. The zero-order valence-corrected chi connectivity index (χ0v) is 12.3. The predicted octanol–water partition coefficient (Wildman–Crippen LogP) is 3.10. The summed E-state index contributed by atoms with van der Waals surface area (Å²) in [4.78, 5) is 17.4. The lowest BCUT2D eigenvalue weighted by molar-refractivity contribution is 0.0941. The van der Waals surface area contributed by atoms with Crippen LogP contribution in [-0.4, -0.2) is 16.0 Å². The molecule has 0 atom stereocenters. The molecule has 5 nitrogen and oxygen atoms in total. The lowest BCUT2D eigenvalue weighted by atomic mass is 10.3. The molecule has 3 aromatic heterocycles. The molecular weight excluding hydrogens is 294 g/mol. The normalized spacial score (nSPS) is 10.7. The molecule has 3 aromatic rings. The third kappa shape index (κ3) is 2.78. The van der Waals surface area contributed by atoms with Crippen molar-refractivity contribution in [2.45, 2.75) is 13.5 Å². The van der Waals surface area contributed by atoms with E-state index in [0.29, 0.717) is 12.3 Å². The second kappa shape index (κ2) is 5.56. The van der Waals surface area contributed by atoms with Crippen molar-refractivity contribution < 1.29 is 9.32 Å². The van der Waals surface area contributed by atoms with Crippen LogP contribution in [0.25, 0.3) is 9.88 Å². The van der Waals surface area contributed by atoms with Crippen LogP contribution in [0.1, 0.15) is 21.9 Å². The first-order chi connectivity index (χ1) is 9.72. The highest BCUT2D eigenvalue weighted by Crippen LogP contribution is 2.27. The standard InChI is InChI=1S/C13H11N3O2S2/c1-8-5-10(16-18-8)12(17)14-6-9-7-20-13(15-9)11-3-2-4-19-11/h2-5,7H,6H2,1H3,(H,14,17). The molecule has 7 heteroatoms. The molecule has 0 spiro atoms. The highest BCUT2D eigenvalue weighted by molar-refractivity contribution is 7.20. The predicted molar refractivity (Wildman–Crippen MR) is 77.8 cm³/mol. The van der Waals surface area contributed by atoms with Gasteiger partial charge in [0.1, 0.15) is 10.8 Å². The quantitative estimate of drug-likeness (QED) is 0.804. The minimum Gasteiger partial charge on any atom is -0.361 e. The summed E-state index contributed by atoms with van der Waals surface area (Å²) in [5, 5.41) is 11.4. The maximum absolute atomic E-state index is 11.8. The Hall–Kier alpha value is -1.99. The summed E-state index contributed by atoms with van der Waals surface area (Å²) in [6, 6.07) is 5.63. The maximum Gasteiger partial charge on any atom is 0.273 e. The molecule has 0 radical (unpaired) electrons. The van der Waals surface area contributed by atoms with Gasteiger partial charge in [-0.1, -0.05) is 11.2 Å². The Morgan fingerprint density at radius 1 is 1.45 bits per heavy atom. The monoisotopic (exact) mass is 305 g/mol. The van der Waals surface area contributed by atoms with Crippen LogP contribution in [0.4, 0.5) is 0 Å². The molecule has 0 saturated heterocycles. The number of nitrogens with zero attached hydrogens (tertiary/aromatic N) is 2. The molecule has 102 valence electrons. The van der Waals surface area contributed by atoms with Crippen molar-refractivity contribution in [3.63, 3.8) is 0 Å². The second-order valence-electron chi connectivity index (χ2n) is 4.13. The summed E-state index contributed by atoms with van der Waals surface area (Å²) in [5.74, 6) is 0.358. The summed E-state index contributed by atoms with van der Waals surface area (Å²) < 4.78 is 4.87. The Bertz CT molecular complexity index is 716. The molecule has 0 bridgehead atoms. The van der Waals surface area contributed by atoms with Crippen LogP contribution in [0.5, 0.6) is 0 Å². The number of rotatable bonds is 4. The average molecular weight is 305 g/mol. The molecule has 0 saturated carbocycles. The number of aromatic nitrogens is 2. The van der Waals surface area contributed by atoms with E-state index in [1.54, 1.807) is 35.7 Å². The number of amides is 1. The van der Waals surface area contributed by atoms with Crippen LogP contribution >= 0.6 is 22.7 Å². The van der Waals surface area contributed by atoms with E-state index in [4.69, 9.17) is 4.52 Å². The lowest BCUT2D eigenvalue weighted by Gasteiger charge is -1.98. The van der Waals surface area contributed by atoms with Gasteiger partial charge in [-0.05, 0) is 18.4 Å². The van der Waals surface area contributed by atoms with Gasteiger partial charge in [-0.15, -0.1) is 22.7 Å². The van der Waals surface area contributed by atoms with Gasteiger partial charge in [-0.3, -0.25) is 4.79 Å². The zero-order valence-electron chi connectivity index (χ0n) is 10.6. The van der Waals surface area contributed by atoms with Crippen LogP contribution in [0, 0.1) is 6.92 Å². The molecule has 0 fully saturated rings. The Labute approximate surface area is 123 Å². The van der Waals surface area contributed by atoms with E-state index in [-0.39, 0.29) is 11.6 Å². The van der Waals surface area contributed by atoms with Gasteiger partial charge in [0.2, 0.25) is 0 Å². The Morgan fingerprint density at radius 3 is 3.05 bits per heavy atom. The van der Waals surface area contributed by atoms with Crippen molar-refractivity contribution in [2.24, 2.45) is 0 Å². The summed E-state index contributed by atoms with van der Waals surface area (Å²) in [7, 11) is 0. The number of thiophene rings is 1. The minimum atomic E-state index is -0.257. The minimum absolute atomic E-state index is 0.257. The summed E-state index contributed by atoms with van der Waals surface area (Å²) in [6.45, 7) is 2.13. The van der Waals surface area contributed by atoms with Crippen molar-refractivity contribution >= 4 is 28.6 Å². The molecule has 20 heavy (non-hydrogen) atoms. The molecular formula is C13H11N3O2S2. The highest BCUT2D eigenvalue weighted by Gasteiger charge is 2.11. The first-order valence-corrected chi connectivity index (χ1v) is 7.68. The van der Waals surface area contributed by atoms with E-state index < -0.39 is 0 Å². The largest absolute Gasteiger partial charge is 0.361 e. The van der Waals surface area contributed by atoms with Gasteiger partial charge in [0.25, 0.3) is 5.91 Å². The van der Waals surface area contributed by atoms with Gasteiger partial charge in [-0.2, -0.15) is 0 Å². The van der Waals surface area contributed by atoms with Crippen LogP contribution < -0.4 is 5.32 Å². The first-order valence-electron chi connectivity index (χ1n) is 5.92. The van der Waals surface area contributed by atoms with Crippen LogP contribution in [-0.2, 0) is 6.54 Å². The van der Waals surface area contributed by atoms with Crippen molar-refractivity contribution in [3.05, 3.63) is 46.1 Å². The van der Waals surface area contributed by atoms with E-state index in [1.807, 2.05) is 22.9 Å². The summed E-state index contributed by atoms with van der Waals surface area (Å²) in [6.07, 6.45) is 0. The van der Waals surface area contributed by atoms with Gasteiger partial charge >= 0.3 is 0 Å². The number of carbonyl (C=O) groups is 1. The van der Waals surface area contributed by atoms with E-state index >= 15 is 0 Å². The molecule has 3 heterocycles. The third-order valence-corrected chi connectivity index (χ3v) is 4.50. The Balaban J connectivity index is 1.63.